The van der Waals surface area contributed by atoms with E-state index in [2.05, 4.69) is 55.3 Å². The molecule has 1 aliphatic rings. The average molecular weight is 274 g/mol. The van der Waals surface area contributed by atoms with Crippen LogP contribution in [0.15, 0.2) is 24.3 Å². The normalized spacial score (nSPS) is 21.1. The first-order chi connectivity index (χ1) is 9.65. The lowest BCUT2D eigenvalue weighted by molar-refractivity contribution is 0.205. The summed E-state index contributed by atoms with van der Waals surface area (Å²) < 4.78 is 0. The summed E-state index contributed by atoms with van der Waals surface area (Å²) in [7, 11) is 0. The summed E-state index contributed by atoms with van der Waals surface area (Å²) >= 11 is 0. The van der Waals surface area contributed by atoms with Crippen molar-refractivity contribution in [2.75, 3.05) is 6.54 Å². The van der Waals surface area contributed by atoms with E-state index in [4.69, 9.17) is 0 Å². The maximum Gasteiger partial charge on any atom is 0.0236 e. The Labute approximate surface area is 124 Å². The topological polar surface area (TPSA) is 15.3 Å². The molecule has 112 valence electrons. The third-order valence-corrected chi connectivity index (χ3v) is 4.31. The predicted octanol–water partition coefficient (Wildman–Crippen LogP) is 3.95. The van der Waals surface area contributed by atoms with Gasteiger partial charge in [-0.1, -0.05) is 51.0 Å². The van der Waals surface area contributed by atoms with Gasteiger partial charge in [-0.15, -0.1) is 0 Å². The highest BCUT2D eigenvalue weighted by Crippen LogP contribution is 2.19. The van der Waals surface area contributed by atoms with Gasteiger partial charge in [-0.2, -0.15) is 0 Å². The smallest absolute Gasteiger partial charge is 0.0236 e. The number of likely N-dealkylation sites (tertiary alicyclic amines) is 1. The molecule has 0 bridgehead atoms. The van der Waals surface area contributed by atoms with Crippen LogP contribution >= 0.6 is 0 Å². The van der Waals surface area contributed by atoms with E-state index in [1.54, 1.807) is 0 Å². The molecule has 0 aromatic heterocycles. The second-order valence-corrected chi connectivity index (χ2v) is 6.52. The van der Waals surface area contributed by atoms with Gasteiger partial charge in [0.15, 0.2) is 0 Å². The van der Waals surface area contributed by atoms with E-state index < -0.39 is 0 Å². The third kappa shape index (κ3) is 4.92. The van der Waals surface area contributed by atoms with Crippen LogP contribution in [0.1, 0.15) is 57.6 Å². The fraction of sp³-hybridized carbons (Fsp3) is 0.667. The number of nitrogens with zero attached hydrogens (tertiary/aromatic N) is 1. The van der Waals surface area contributed by atoms with E-state index in [0.717, 1.165) is 19.1 Å². The van der Waals surface area contributed by atoms with Crippen LogP contribution in [-0.2, 0) is 13.1 Å². The van der Waals surface area contributed by atoms with E-state index in [0.29, 0.717) is 6.04 Å². The third-order valence-electron chi connectivity index (χ3n) is 4.31. The van der Waals surface area contributed by atoms with Gasteiger partial charge in [0, 0.05) is 25.2 Å². The van der Waals surface area contributed by atoms with E-state index in [9.17, 15) is 0 Å². The van der Waals surface area contributed by atoms with E-state index in [1.807, 2.05) is 0 Å². The average Bonchev–Trinajstić information content (AvgIpc) is 2.63. The molecule has 1 aliphatic heterocycles. The summed E-state index contributed by atoms with van der Waals surface area (Å²) in [5, 5.41) is 3.47. The van der Waals surface area contributed by atoms with Gasteiger partial charge in [-0.25, -0.2) is 0 Å². The summed E-state index contributed by atoms with van der Waals surface area (Å²) in [6.07, 6.45) is 5.52. The SMILES string of the molecule is CC(C)NCc1ccc(CN2CCCCCC2C)cc1. The lowest BCUT2D eigenvalue weighted by atomic mass is 10.1. The Balaban J connectivity index is 1.89. The summed E-state index contributed by atoms with van der Waals surface area (Å²) in [5.74, 6) is 0. The van der Waals surface area contributed by atoms with Gasteiger partial charge in [0.05, 0.1) is 0 Å². The van der Waals surface area contributed by atoms with Crippen molar-refractivity contribution in [1.29, 1.82) is 0 Å². The van der Waals surface area contributed by atoms with E-state index in [1.165, 1.54) is 43.4 Å². The molecule has 1 fully saturated rings. The molecule has 2 rings (SSSR count). The highest BCUT2D eigenvalue weighted by Gasteiger charge is 2.16. The van der Waals surface area contributed by atoms with Crippen LogP contribution in [0.4, 0.5) is 0 Å². The monoisotopic (exact) mass is 274 g/mol. The molecule has 2 heteroatoms. The molecule has 2 nitrogen and oxygen atoms in total. The van der Waals surface area contributed by atoms with Crippen molar-refractivity contribution in [3.05, 3.63) is 35.4 Å². The first-order valence-corrected chi connectivity index (χ1v) is 8.20. The molecule has 1 atom stereocenters. The number of rotatable bonds is 5. The van der Waals surface area contributed by atoms with E-state index in [-0.39, 0.29) is 0 Å². The maximum atomic E-state index is 3.47. The van der Waals surface area contributed by atoms with Gasteiger partial charge in [0.2, 0.25) is 0 Å². The van der Waals surface area contributed by atoms with Gasteiger partial charge < -0.3 is 5.32 Å². The van der Waals surface area contributed by atoms with Crippen molar-refractivity contribution in [3.63, 3.8) is 0 Å². The number of benzene rings is 1. The Bertz CT molecular complexity index is 383. The van der Waals surface area contributed by atoms with Crippen molar-refractivity contribution >= 4 is 0 Å². The van der Waals surface area contributed by atoms with Crippen LogP contribution in [0.3, 0.4) is 0 Å². The van der Waals surface area contributed by atoms with Crippen LogP contribution in [0.25, 0.3) is 0 Å². The van der Waals surface area contributed by atoms with Gasteiger partial charge in [-0.3, -0.25) is 4.90 Å². The van der Waals surface area contributed by atoms with Crippen LogP contribution < -0.4 is 5.32 Å². The molecule has 1 heterocycles. The van der Waals surface area contributed by atoms with Gasteiger partial charge in [-0.05, 0) is 37.4 Å². The van der Waals surface area contributed by atoms with Crippen LogP contribution in [0.5, 0.6) is 0 Å². The maximum absolute atomic E-state index is 3.47. The minimum atomic E-state index is 0.549. The lowest BCUT2D eigenvalue weighted by Crippen LogP contribution is -2.31. The molecule has 1 N–H and O–H groups in total. The van der Waals surface area contributed by atoms with Crippen LogP contribution in [-0.4, -0.2) is 23.5 Å². The fourth-order valence-corrected chi connectivity index (χ4v) is 2.89. The second kappa shape index (κ2) is 7.80. The fourth-order valence-electron chi connectivity index (χ4n) is 2.89. The molecule has 0 amide bonds. The Morgan fingerprint density at radius 1 is 1.10 bits per heavy atom. The highest BCUT2D eigenvalue weighted by atomic mass is 15.1. The molecule has 1 saturated heterocycles. The van der Waals surface area contributed by atoms with Gasteiger partial charge in [0.25, 0.3) is 0 Å². The van der Waals surface area contributed by atoms with Crippen LogP contribution in [0.2, 0.25) is 0 Å². The quantitative estimate of drug-likeness (QED) is 0.874. The zero-order valence-electron chi connectivity index (χ0n) is 13.4. The molecular formula is C18H30N2. The highest BCUT2D eigenvalue weighted by molar-refractivity contribution is 5.22. The first-order valence-electron chi connectivity index (χ1n) is 8.20. The number of hydrogen-bond donors (Lipinski definition) is 1. The van der Waals surface area contributed by atoms with Crippen LogP contribution in [0, 0.1) is 0 Å². The number of hydrogen-bond acceptors (Lipinski definition) is 2. The zero-order chi connectivity index (χ0) is 14.4. The standard InChI is InChI=1S/C18H30N2/c1-15(2)19-13-17-8-10-18(11-9-17)14-20-12-6-4-5-7-16(20)3/h8-11,15-16,19H,4-7,12-14H2,1-3H3. The molecule has 0 radical (unpaired) electrons. The molecule has 0 saturated carbocycles. The minimum Gasteiger partial charge on any atom is -0.310 e. The molecular weight excluding hydrogens is 244 g/mol. The first kappa shape index (κ1) is 15.5. The largest absolute Gasteiger partial charge is 0.310 e. The van der Waals surface area contributed by atoms with Crippen molar-refractivity contribution in [3.8, 4) is 0 Å². The molecule has 0 spiro atoms. The van der Waals surface area contributed by atoms with Crippen molar-refractivity contribution in [1.82, 2.24) is 10.2 Å². The van der Waals surface area contributed by atoms with Gasteiger partial charge in [0.1, 0.15) is 0 Å². The Hall–Kier alpha value is -0.860. The lowest BCUT2D eigenvalue weighted by Gasteiger charge is -2.27. The Morgan fingerprint density at radius 2 is 1.80 bits per heavy atom. The molecule has 20 heavy (non-hydrogen) atoms. The molecule has 1 aromatic rings. The van der Waals surface area contributed by atoms with Crippen molar-refractivity contribution in [2.45, 2.75) is 71.6 Å². The van der Waals surface area contributed by atoms with Crippen molar-refractivity contribution < 1.29 is 0 Å². The molecule has 1 aromatic carbocycles. The van der Waals surface area contributed by atoms with Crippen molar-refractivity contribution in [2.24, 2.45) is 0 Å². The second-order valence-electron chi connectivity index (χ2n) is 6.52. The Morgan fingerprint density at radius 3 is 2.50 bits per heavy atom. The summed E-state index contributed by atoms with van der Waals surface area (Å²) in [5.41, 5.74) is 2.83. The minimum absolute atomic E-state index is 0.549. The van der Waals surface area contributed by atoms with E-state index >= 15 is 0 Å². The summed E-state index contributed by atoms with van der Waals surface area (Å²) in [6, 6.07) is 10.4. The van der Waals surface area contributed by atoms with Gasteiger partial charge >= 0.3 is 0 Å². The predicted molar refractivity (Wildman–Crippen MR) is 86.8 cm³/mol. The Kier molecular flexibility index (Phi) is 6.06. The molecule has 0 aliphatic carbocycles. The number of nitrogens with one attached hydrogen (secondary N) is 1. The molecule has 1 unspecified atom stereocenters. The summed E-state index contributed by atoms with van der Waals surface area (Å²) in [4.78, 5) is 2.65. The summed E-state index contributed by atoms with van der Waals surface area (Å²) in [6.45, 7) is 10.1. The zero-order valence-corrected chi connectivity index (χ0v) is 13.4.